The van der Waals surface area contributed by atoms with E-state index in [4.69, 9.17) is 9.47 Å². The summed E-state index contributed by atoms with van der Waals surface area (Å²) in [7, 11) is 3.32. The summed E-state index contributed by atoms with van der Waals surface area (Å²) in [5, 5.41) is 4.38. The average Bonchev–Trinajstić information content (AvgIpc) is 2.81. The second-order valence-corrected chi connectivity index (χ2v) is 4.75. The number of aromatic nitrogens is 2. The molecule has 0 radical (unpaired) electrons. The summed E-state index contributed by atoms with van der Waals surface area (Å²) < 4.78 is 12.6. The molecule has 96 valence electrons. The molecule has 2 rings (SSSR count). The molecular weight excluding hydrogens is 216 g/mol. The Bertz CT molecular complexity index is 328. The van der Waals surface area contributed by atoms with Crippen molar-refractivity contribution < 1.29 is 9.47 Å². The van der Waals surface area contributed by atoms with E-state index in [0.29, 0.717) is 0 Å². The highest BCUT2D eigenvalue weighted by molar-refractivity contribution is 5.02. The third-order valence-electron chi connectivity index (χ3n) is 3.57. The van der Waals surface area contributed by atoms with Gasteiger partial charge in [-0.1, -0.05) is 19.3 Å². The quantitative estimate of drug-likeness (QED) is 0.740. The maximum Gasteiger partial charge on any atom is 0.200 e. The lowest BCUT2D eigenvalue weighted by Gasteiger charge is -2.23. The second kappa shape index (κ2) is 6.17. The number of hydrogen-bond donors (Lipinski definition) is 0. The first-order chi connectivity index (χ1) is 8.35. The van der Waals surface area contributed by atoms with Gasteiger partial charge in [-0.3, -0.25) is 4.68 Å². The molecule has 0 N–H and O–H groups in total. The van der Waals surface area contributed by atoms with Crippen molar-refractivity contribution in [2.45, 2.75) is 44.9 Å². The molecule has 1 saturated carbocycles. The molecule has 0 spiro atoms. The van der Waals surface area contributed by atoms with E-state index < -0.39 is 0 Å². The maximum absolute atomic E-state index is 5.29. The van der Waals surface area contributed by atoms with E-state index in [9.17, 15) is 0 Å². The lowest BCUT2D eigenvalue weighted by atomic mass is 9.89. The average molecular weight is 238 g/mol. The Labute approximate surface area is 103 Å². The molecule has 0 bridgehead atoms. The van der Waals surface area contributed by atoms with Crippen LogP contribution in [0.1, 0.15) is 44.1 Å². The minimum absolute atomic E-state index is 0.305. The van der Waals surface area contributed by atoms with Crippen LogP contribution in [0.15, 0.2) is 12.3 Å². The topological polar surface area (TPSA) is 36.3 Å². The Morgan fingerprint density at radius 3 is 2.65 bits per heavy atom. The monoisotopic (exact) mass is 238 g/mol. The van der Waals surface area contributed by atoms with Gasteiger partial charge >= 0.3 is 0 Å². The first-order valence-electron chi connectivity index (χ1n) is 6.42. The van der Waals surface area contributed by atoms with Gasteiger partial charge in [-0.15, -0.1) is 0 Å². The molecule has 0 unspecified atom stereocenters. The summed E-state index contributed by atoms with van der Waals surface area (Å²) in [5.41, 5.74) is 1.01. The lowest BCUT2D eigenvalue weighted by molar-refractivity contribution is -0.111. The Morgan fingerprint density at radius 1 is 1.29 bits per heavy atom. The van der Waals surface area contributed by atoms with E-state index in [0.717, 1.165) is 18.2 Å². The van der Waals surface area contributed by atoms with Gasteiger partial charge < -0.3 is 9.47 Å². The molecule has 1 aromatic heterocycles. The second-order valence-electron chi connectivity index (χ2n) is 4.75. The summed E-state index contributed by atoms with van der Waals surface area (Å²) in [4.78, 5) is 0. The van der Waals surface area contributed by atoms with Crippen molar-refractivity contribution in [3.8, 4) is 0 Å². The fourth-order valence-corrected chi connectivity index (χ4v) is 2.65. The fraction of sp³-hybridized carbons (Fsp3) is 0.769. The smallest absolute Gasteiger partial charge is 0.200 e. The van der Waals surface area contributed by atoms with E-state index in [1.165, 1.54) is 32.1 Å². The zero-order valence-electron chi connectivity index (χ0n) is 10.8. The Balaban J connectivity index is 2.02. The van der Waals surface area contributed by atoms with Gasteiger partial charge in [0.05, 0.1) is 5.69 Å². The van der Waals surface area contributed by atoms with Gasteiger partial charge in [0.15, 0.2) is 6.29 Å². The molecule has 1 aliphatic carbocycles. The van der Waals surface area contributed by atoms with Gasteiger partial charge in [-0.25, -0.2) is 0 Å². The van der Waals surface area contributed by atoms with Crippen LogP contribution in [0.2, 0.25) is 0 Å². The van der Waals surface area contributed by atoms with Crippen LogP contribution in [-0.2, 0) is 16.0 Å². The van der Waals surface area contributed by atoms with E-state index in [-0.39, 0.29) is 6.29 Å². The molecule has 17 heavy (non-hydrogen) atoms. The Kier molecular flexibility index (Phi) is 4.57. The summed E-state index contributed by atoms with van der Waals surface area (Å²) in [6.45, 7) is 0.992. The Morgan fingerprint density at radius 2 is 2.00 bits per heavy atom. The van der Waals surface area contributed by atoms with Crippen molar-refractivity contribution in [1.82, 2.24) is 9.78 Å². The summed E-state index contributed by atoms with van der Waals surface area (Å²) in [6, 6.07) is 1.97. The van der Waals surface area contributed by atoms with Crippen LogP contribution in [-0.4, -0.2) is 24.0 Å². The molecule has 0 aliphatic heterocycles. The van der Waals surface area contributed by atoms with Crippen LogP contribution in [0.3, 0.4) is 0 Å². The van der Waals surface area contributed by atoms with Crippen molar-refractivity contribution in [3.63, 3.8) is 0 Å². The first-order valence-corrected chi connectivity index (χ1v) is 6.42. The number of nitrogens with zero attached hydrogens (tertiary/aromatic N) is 2. The van der Waals surface area contributed by atoms with Gasteiger partial charge in [0.2, 0.25) is 0 Å². The highest BCUT2D eigenvalue weighted by Crippen LogP contribution is 2.26. The van der Waals surface area contributed by atoms with Crippen LogP contribution < -0.4 is 0 Å². The predicted molar refractivity (Wildman–Crippen MR) is 65.6 cm³/mol. The highest BCUT2D eigenvalue weighted by atomic mass is 16.7. The molecule has 0 atom stereocenters. The van der Waals surface area contributed by atoms with Crippen LogP contribution in [0.5, 0.6) is 0 Å². The maximum atomic E-state index is 5.29. The van der Waals surface area contributed by atoms with Crippen molar-refractivity contribution in [2.75, 3.05) is 14.2 Å². The van der Waals surface area contributed by atoms with Gasteiger partial charge in [0, 0.05) is 27.0 Å². The first kappa shape index (κ1) is 12.6. The molecular formula is C13H22N2O2. The standard InChI is InChI=1S/C13H22N2O2/c1-16-13(17-2)12-8-9-14-15(12)10-11-6-4-3-5-7-11/h8-9,11,13H,3-7,10H2,1-2H3. The van der Waals surface area contributed by atoms with E-state index in [2.05, 4.69) is 5.10 Å². The van der Waals surface area contributed by atoms with E-state index >= 15 is 0 Å². The van der Waals surface area contributed by atoms with Crippen molar-refractivity contribution in [2.24, 2.45) is 5.92 Å². The highest BCUT2D eigenvalue weighted by Gasteiger charge is 2.19. The molecule has 4 heteroatoms. The SMILES string of the molecule is COC(OC)c1ccnn1CC1CCCCC1. The fourth-order valence-electron chi connectivity index (χ4n) is 2.65. The van der Waals surface area contributed by atoms with Crippen LogP contribution >= 0.6 is 0 Å². The number of ether oxygens (including phenoxy) is 2. The van der Waals surface area contributed by atoms with Crippen molar-refractivity contribution >= 4 is 0 Å². The van der Waals surface area contributed by atoms with Gasteiger partial charge in [-0.2, -0.15) is 5.10 Å². The third-order valence-corrected chi connectivity index (χ3v) is 3.57. The molecule has 0 aromatic carbocycles. The normalized spacial score (nSPS) is 17.8. The Hall–Kier alpha value is -0.870. The third kappa shape index (κ3) is 3.07. The zero-order valence-corrected chi connectivity index (χ0v) is 10.8. The van der Waals surface area contributed by atoms with Crippen molar-refractivity contribution in [1.29, 1.82) is 0 Å². The molecule has 0 saturated heterocycles. The van der Waals surface area contributed by atoms with E-state index in [1.807, 2.05) is 16.9 Å². The molecule has 1 heterocycles. The molecule has 1 fully saturated rings. The molecule has 0 amide bonds. The van der Waals surface area contributed by atoms with Crippen LogP contribution in [0.4, 0.5) is 0 Å². The summed E-state index contributed by atoms with van der Waals surface area (Å²) in [6.07, 6.45) is 8.28. The van der Waals surface area contributed by atoms with Gasteiger partial charge in [0.25, 0.3) is 0 Å². The molecule has 1 aromatic rings. The largest absolute Gasteiger partial charge is 0.350 e. The molecule has 1 aliphatic rings. The minimum Gasteiger partial charge on any atom is -0.350 e. The van der Waals surface area contributed by atoms with Crippen LogP contribution in [0, 0.1) is 5.92 Å². The summed E-state index contributed by atoms with van der Waals surface area (Å²) >= 11 is 0. The molecule has 4 nitrogen and oxygen atoms in total. The predicted octanol–water partition coefficient (Wildman–Crippen LogP) is 2.75. The van der Waals surface area contributed by atoms with Crippen molar-refractivity contribution in [3.05, 3.63) is 18.0 Å². The lowest BCUT2D eigenvalue weighted by Crippen LogP contribution is -2.19. The minimum atomic E-state index is -0.305. The number of methoxy groups -OCH3 is 2. The zero-order chi connectivity index (χ0) is 12.1. The van der Waals surface area contributed by atoms with E-state index in [1.54, 1.807) is 14.2 Å². The number of rotatable bonds is 5. The van der Waals surface area contributed by atoms with Gasteiger partial charge in [0.1, 0.15) is 0 Å². The summed E-state index contributed by atoms with van der Waals surface area (Å²) in [5.74, 6) is 0.761. The van der Waals surface area contributed by atoms with Gasteiger partial charge in [-0.05, 0) is 24.8 Å². The number of hydrogen-bond acceptors (Lipinski definition) is 3. The van der Waals surface area contributed by atoms with Crippen LogP contribution in [0.25, 0.3) is 0 Å².